The third kappa shape index (κ3) is 3.70. The summed E-state index contributed by atoms with van der Waals surface area (Å²) in [5.74, 6) is 2.49. The minimum atomic E-state index is 0.629. The molecule has 21 heavy (non-hydrogen) atoms. The van der Waals surface area contributed by atoms with Gasteiger partial charge in [-0.15, -0.1) is 0 Å². The largest absolute Gasteiger partial charge is 0.369 e. The van der Waals surface area contributed by atoms with E-state index in [-0.39, 0.29) is 0 Å². The van der Waals surface area contributed by atoms with Crippen LogP contribution in [0.4, 0.5) is 5.82 Å². The van der Waals surface area contributed by atoms with Gasteiger partial charge in [0.25, 0.3) is 0 Å². The average Bonchev–Trinajstić information content (AvgIpc) is 3.33. The molecule has 1 saturated carbocycles. The molecule has 1 aliphatic rings. The van der Waals surface area contributed by atoms with Gasteiger partial charge in [-0.1, -0.05) is 13.0 Å². The molecule has 2 aromatic rings. The van der Waals surface area contributed by atoms with Crippen molar-refractivity contribution in [1.29, 1.82) is 0 Å². The summed E-state index contributed by atoms with van der Waals surface area (Å²) in [6.45, 7) is 3.11. The topological polar surface area (TPSA) is 50.7 Å². The summed E-state index contributed by atoms with van der Waals surface area (Å²) in [4.78, 5) is 13.9. The quantitative estimate of drug-likeness (QED) is 0.758. The standard InChI is InChI=1S/C16H19IN4/c1-2-8-19-16-14(17)15(11-6-7-11)20-13(21-16)10-12-5-3-4-9-18-12/h3-5,9,11H,2,6-8,10H2,1H3,(H,19,20,21). The fourth-order valence-electron chi connectivity index (χ4n) is 2.24. The van der Waals surface area contributed by atoms with Crippen LogP contribution in [0.15, 0.2) is 24.4 Å². The van der Waals surface area contributed by atoms with Gasteiger partial charge in [-0.3, -0.25) is 4.98 Å². The Kier molecular flexibility index (Phi) is 4.67. The Balaban J connectivity index is 1.90. The van der Waals surface area contributed by atoms with Gasteiger partial charge in [0.1, 0.15) is 11.6 Å². The van der Waals surface area contributed by atoms with Gasteiger partial charge in [0.2, 0.25) is 0 Å². The molecule has 0 aliphatic heterocycles. The number of hydrogen-bond acceptors (Lipinski definition) is 4. The molecule has 5 heteroatoms. The van der Waals surface area contributed by atoms with Gasteiger partial charge in [-0.2, -0.15) is 0 Å². The lowest BCUT2D eigenvalue weighted by molar-refractivity contribution is 0.866. The summed E-state index contributed by atoms with van der Waals surface area (Å²) in [5.41, 5.74) is 2.23. The first-order valence-electron chi connectivity index (χ1n) is 7.48. The molecule has 0 bridgehead atoms. The van der Waals surface area contributed by atoms with Gasteiger partial charge in [0.15, 0.2) is 0 Å². The van der Waals surface area contributed by atoms with Crippen molar-refractivity contribution < 1.29 is 0 Å². The van der Waals surface area contributed by atoms with Crippen LogP contribution in [0.1, 0.15) is 49.3 Å². The van der Waals surface area contributed by atoms with E-state index in [1.165, 1.54) is 22.1 Å². The van der Waals surface area contributed by atoms with Gasteiger partial charge < -0.3 is 5.32 Å². The molecule has 0 saturated heterocycles. The highest BCUT2D eigenvalue weighted by atomic mass is 127. The van der Waals surface area contributed by atoms with E-state index in [4.69, 9.17) is 9.97 Å². The monoisotopic (exact) mass is 394 g/mol. The van der Waals surface area contributed by atoms with Crippen LogP contribution >= 0.6 is 22.6 Å². The molecule has 2 heterocycles. The van der Waals surface area contributed by atoms with Crippen molar-refractivity contribution in [3.05, 3.63) is 45.2 Å². The van der Waals surface area contributed by atoms with Gasteiger partial charge in [-0.25, -0.2) is 9.97 Å². The summed E-state index contributed by atoms with van der Waals surface area (Å²) in [5, 5.41) is 3.43. The fraction of sp³-hybridized carbons (Fsp3) is 0.438. The number of nitrogens with one attached hydrogen (secondary N) is 1. The molecular formula is C16H19IN4. The van der Waals surface area contributed by atoms with Crippen molar-refractivity contribution in [1.82, 2.24) is 15.0 Å². The van der Waals surface area contributed by atoms with E-state index in [0.29, 0.717) is 12.3 Å². The number of rotatable bonds is 6. The van der Waals surface area contributed by atoms with Crippen molar-refractivity contribution >= 4 is 28.4 Å². The normalized spacial score (nSPS) is 14.2. The van der Waals surface area contributed by atoms with Crippen LogP contribution in [0.2, 0.25) is 0 Å². The molecule has 2 aromatic heterocycles. The highest BCUT2D eigenvalue weighted by molar-refractivity contribution is 14.1. The molecule has 0 amide bonds. The van der Waals surface area contributed by atoms with Gasteiger partial charge in [0.05, 0.1) is 15.7 Å². The zero-order valence-corrected chi connectivity index (χ0v) is 14.3. The first kappa shape index (κ1) is 14.7. The Morgan fingerprint density at radius 3 is 2.81 bits per heavy atom. The predicted molar refractivity (Wildman–Crippen MR) is 92.5 cm³/mol. The highest BCUT2D eigenvalue weighted by Gasteiger charge is 2.29. The lowest BCUT2D eigenvalue weighted by Crippen LogP contribution is -2.11. The zero-order valence-electron chi connectivity index (χ0n) is 12.1. The van der Waals surface area contributed by atoms with Crippen molar-refractivity contribution in [3.8, 4) is 0 Å². The van der Waals surface area contributed by atoms with Crippen molar-refractivity contribution in [3.63, 3.8) is 0 Å². The smallest absolute Gasteiger partial charge is 0.143 e. The summed E-state index contributed by atoms with van der Waals surface area (Å²) in [7, 11) is 0. The summed E-state index contributed by atoms with van der Waals surface area (Å²) in [6.07, 6.45) is 6.11. The summed E-state index contributed by atoms with van der Waals surface area (Å²) >= 11 is 2.38. The van der Waals surface area contributed by atoms with E-state index in [1.54, 1.807) is 0 Å². The van der Waals surface area contributed by atoms with E-state index in [1.807, 2.05) is 24.4 Å². The van der Waals surface area contributed by atoms with Crippen LogP contribution in [0.5, 0.6) is 0 Å². The minimum Gasteiger partial charge on any atom is -0.369 e. The molecule has 110 valence electrons. The zero-order chi connectivity index (χ0) is 14.7. The molecular weight excluding hydrogens is 375 g/mol. The van der Waals surface area contributed by atoms with E-state index < -0.39 is 0 Å². The van der Waals surface area contributed by atoms with Crippen molar-refractivity contribution in [2.45, 2.75) is 38.5 Å². The third-order valence-electron chi connectivity index (χ3n) is 3.50. The van der Waals surface area contributed by atoms with Gasteiger partial charge >= 0.3 is 0 Å². The maximum atomic E-state index is 4.80. The molecule has 1 N–H and O–H groups in total. The molecule has 0 atom stereocenters. The molecule has 0 spiro atoms. The second-order valence-corrected chi connectivity index (χ2v) is 6.47. The number of hydrogen-bond donors (Lipinski definition) is 1. The Morgan fingerprint density at radius 2 is 2.14 bits per heavy atom. The van der Waals surface area contributed by atoms with E-state index in [9.17, 15) is 0 Å². The predicted octanol–water partition coefficient (Wildman–Crippen LogP) is 3.77. The Labute approximate surface area is 139 Å². The maximum absolute atomic E-state index is 4.80. The molecule has 1 aliphatic carbocycles. The van der Waals surface area contributed by atoms with Crippen LogP contribution in [0.25, 0.3) is 0 Å². The van der Waals surface area contributed by atoms with Crippen molar-refractivity contribution in [2.24, 2.45) is 0 Å². The Bertz CT molecular complexity index is 611. The molecule has 3 rings (SSSR count). The van der Waals surface area contributed by atoms with Crippen LogP contribution in [-0.4, -0.2) is 21.5 Å². The molecule has 0 radical (unpaired) electrons. The number of halogens is 1. The van der Waals surface area contributed by atoms with E-state index >= 15 is 0 Å². The van der Waals surface area contributed by atoms with Crippen molar-refractivity contribution in [2.75, 3.05) is 11.9 Å². The summed E-state index contributed by atoms with van der Waals surface area (Å²) < 4.78 is 1.19. The number of pyridine rings is 1. The van der Waals surface area contributed by atoms with E-state index in [0.717, 1.165) is 30.3 Å². The molecule has 0 unspecified atom stereocenters. The number of anilines is 1. The minimum absolute atomic E-state index is 0.629. The highest BCUT2D eigenvalue weighted by Crippen LogP contribution is 2.42. The SMILES string of the molecule is CCCNc1nc(Cc2ccccn2)nc(C2CC2)c1I. The van der Waals surface area contributed by atoms with Gasteiger partial charge in [0, 0.05) is 24.4 Å². The number of nitrogens with zero attached hydrogens (tertiary/aromatic N) is 3. The number of aromatic nitrogens is 3. The lowest BCUT2D eigenvalue weighted by Gasteiger charge is -2.12. The molecule has 0 aromatic carbocycles. The maximum Gasteiger partial charge on any atom is 0.143 e. The van der Waals surface area contributed by atoms with Crippen LogP contribution in [0, 0.1) is 3.57 Å². The average molecular weight is 394 g/mol. The third-order valence-corrected chi connectivity index (χ3v) is 4.56. The second kappa shape index (κ2) is 6.68. The van der Waals surface area contributed by atoms with E-state index in [2.05, 4.69) is 39.8 Å². The lowest BCUT2D eigenvalue weighted by atomic mass is 10.2. The summed E-state index contributed by atoms with van der Waals surface area (Å²) in [6, 6.07) is 5.96. The second-order valence-electron chi connectivity index (χ2n) is 5.39. The van der Waals surface area contributed by atoms with Crippen LogP contribution in [-0.2, 0) is 6.42 Å². The van der Waals surface area contributed by atoms with Crippen LogP contribution in [0.3, 0.4) is 0 Å². The Hall–Kier alpha value is -1.24. The Morgan fingerprint density at radius 1 is 1.29 bits per heavy atom. The first-order valence-corrected chi connectivity index (χ1v) is 8.56. The van der Waals surface area contributed by atoms with Crippen LogP contribution < -0.4 is 5.32 Å². The first-order chi connectivity index (χ1) is 10.3. The molecule has 4 nitrogen and oxygen atoms in total. The molecule has 1 fully saturated rings. The van der Waals surface area contributed by atoms with Gasteiger partial charge in [-0.05, 0) is 54.0 Å². The fourth-order valence-corrected chi connectivity index (χ4v) is 3.12.